The van der Waals surface area contributed by atoms with Crippen molar-refractivity contribution in [2.24, 2.45) is 5.92 Å². The van der Waals surface area contributed by atoms with Gasteiger partial charge >= 0.3 is 0 Å². The normalized spacial score (nSPS) is 15.7. The maximum Gasteiger partial charge on any atom is 0.279 e. The summed E-state index contributed by atoms with van der Waals surface area (Å²) in [6.45, 7) is 1.99. The van der Waals surface area contributed by atoms with E-state index in [1.165, 1.54) is 17.7 Å². The molecule has 2 N–H and O–H groups in total. The molecule has 1 aliphatic heterocycles. The predicted octanol–water partition coefficient (Wildman–Crippen LogP) is 1.76. The van der Waals surface area contributed by atoms with E-state index in [4.69, 9.17) is 0 Å². The Bertz CT molecular complexity index is 820. The Hall–Kier alpha value is -2.73. The van der Waals surface area contributed by atoms with Crippen molar-refractivity contribution in [3.05, 3.63) is 66.0 Å². The van der Waals surface area contributed by atoms with E-state index in [2.05, 4.69) is 29.6 Å². The lowest BCUT2D eigenvalue weighted by Gasteiger charge is -2.32. The van der Waals surface area contributed by atoms with E-state index in [0.717, 1.165) is 37.3 Å². The molecule has 0 aliphatic carbocycles. The van der Waals surface area contributed by atoms with Gasteiger partial charge in [-0.15, -0.1) is 0 Å². The van der Waals surface area contributed by atoms with Gasteiger partial charge < -0.3 is 15.1 Å². The Morgan fingerprint density at radius 3 is 2.48 bits per heavy atom. The first-order valence-electron chi connectivity index (χ1n) is 10.2. The van der Waals surface area contributed by atoms with Gasteiger partial charge in [0, 0.05) is 18.8 Å². The molecule has 0 saturated carbocycles. The van der Waals surface area contributed by atoms with E-state index < -0.39 is 5.82 Å². The number of hydrogen-bond donors (Lipinski definition) is 2. The van der Waals surface area contributed by atoms with E-state index in [1.54, 1.807) is 12.1 Å². The molecule has 1 unspecified atom stereocenters. The molecule has 2 aromatic carbocycles. The third-order valence-corrected chi connectivity index (χ3v) is 5.36. The molecule has 6 heteroatoms. The minimum Gasteiger partial charge on any atom is -0.338 e. The fourth-order valence-electron chi connectivity index (χ4n) is 3.81. The number of carbonyl (C=O) groups excluding carboxylic acids is 2. The molecule has 1 saturated heterocycles. The monoisotopic (exact) mass is 398 g/mol. The van der Waals surface area contributed by atoms with Gasteiger partial charge in [0.15, 0.2) is 13.1 Å². The number of piperidine rings is 1. The number of quaternary nitrogens is 1. The topological polar surface area (TPSA) is 53.9 Å². The summed E-state index contributed by atoms with van der Waals surface area (Å²) in [5.41, 5.74) is 1.78. The van der Waals surface area contributed by atoms with E-state index in [1.807, 2.05) is 18.0 Å². The SMILES string of the molecule is C[NH+](CC(=O)Nc1cccc(F)c1)CC(=O)N1CCC(Cc2ccccc2)CC1. The van der Waals surface area contributed by atoms with Gasteiger partial charge in [-0.1, -0.05) is 36.4 Å². The zero-order valence-electron chi connectivity index (χ0n) is 16.9. The number of benzene rings is 2. The van der Waals surface area contributed by atoms with Crippen LogP contribution in [0.2, 0.25) is 0 Å². The van der Waals surface area contributed by atoms with Crippen LogP contribution in [0.1, 0.15) is 18.4 Å². The van der Waals surface area contributed by atoms with Crippen molar-refractivity contribution in [2.75, 3.05) is 38.5 Å². The number of nitrogens with zero attached hydrogens (tertiary/aromatic N) is 1. The van der Waals surface area contributed by atoms with E-state index in [9.17, 15) is 14.0 Å². The number of amides is 2. The fourth-order valence-corrected chi connectivity index (χ4v) is 3.81. The van der Waals surface area contributed by atoms with Crippen LogP contribution < -0.4 is 10.2 Å². The first-order valence-corrected chi connectivity index (χ1v) is 10.2. The highest BCUT2D eigenvalue weighted by Gasteiger charge is 2.25. The van der Waals surface area contributed by atoms with Crippen molar-refractivity contribution in [3.8, 4) is 0 Å². The average molecular weight is 399 g/mol. The van der Waals surface area contributed by atoms with Crippen LogP contribution in [-0.4, -0.2) is 49.9 Å². The highest BCUT2D eigenvalue weighted by molar-refractivity contribution is 5.91. The summed E-state index contributed by atoms with van der Waals surface area (Å²) in [7, 11) is 1.82. The summed E-state index contributed by atoms with van der Waals surface area (Å²) in [6.07, 6.45) is 3.09. The van der Waals surface area contributed by atoms with E-state index in [-0.39, 0.29) is 24.9 Å². The molecule has 0 aromatic heterocycles. The molecule has 1 fully saturated rings. The Labute approximate surface area is 171 Å². The minimum absolute atomic E-state index is 0.0826. The van der Waals surface area contributed by atoms with Crippen LogP contribution in [0, 0.1) is 11.7 Å². The molecule has 2 aromatic rings. The first kappa shape index (κ1) is 21.0. The Balaban J connectivity index is 1.39. The summed E-state index contributed by atoms with van der Waals surface area (Å²) < 4.78 is 13.2. The van der Waals surface area contributed by atoms with Crippen LogP contribution in [0.25, 0.3) is 0 Å². The van der Waals surface area contributed by atoms with Crippen molar-refractivity contribution in [1.82, 2.24) is 4.90 Å². The molecule has 1 atom stereocenters. The molecular weight excluding hydrogens is 369 g/mol. The zero-order valence-corrected chi connectivity index (χ0v) is 16.9. The van der Waals surface area contributed by atoms with Crippen LogP contribution in [0.5, 0.6) is 0 Å². The Morgan fingerprint density at radius 1 is 1.07 bits per heavy atom. The second kappa shape index (κ2) is 10.2. The van der Waals surface area contributed by atoms with E-state index in [0.29, 0.717) is 11.6 Å². The van der Waals surface area contributed by atoms with Gasteiger partial charge in [-0.05, 0) is 48.9 Å². The number of likely N-dealkylation sites (tertiary alicyclic amines) is 1. The summed E-state index contributed by atoms with van der Waals surface area (Å²) in [5.74, 6) is 0.0691. The largest absolute Gasteiger partial charge is 0.338 e. The molecule has 5 nitrogen and oxygen atoms in total. The van der Waals surface area contributed by atoms with Crippen molar-refractivity contribution in [2.45, 2.75) is 19.3 Å². The molecule has 1 heterocycles. The van der Waals surface area contributed by atoms with Crippen LogP contribution in [0.3, 0.4) is 0 Å². The molecular formula is C23H29FN3O2+. The van der Waals surface area contributed by atoms with Crippen LogP contribution in [-0.2, 0) is 16.0 Å². The molecule has 29 heavy (non-hydrogen) atoms. The van der Waals surface area contributed by atoms with Gasteiger partial charge in [-0.2, -0.15) is 0 Å². The Kier molecular flexibility index (Phi) is 7.36. The molecule has 0 spiro atoms. The highest BCUT2D eigenvalue weighted by Crippen LogP contribution is 2.21. The molecule has 1 aliphatic rings. The quantitative estimate of drug-likeness (QED) is 0.747. The first-order chi connectivity index (χ1) is 14.0. The number of hydrogen-bond acceptors (Lipinski definition) is 2. The molecule has 0 radical (unpaired) electrons. The molecule has 3 rings (SSSR count). The van der Waals surface area contributed by atoms with Gasteiger partial charge in [0.2, 0.25) is 0 Å². The fraction of sp³-hybridized carbons (Fsp3) is 0.391. The predicted molar refractivity (Wildman–Crippen MR) is 111 cm³/mol. The summed E-state index contributed by atoms with van der Waals surface area (Å²) >= 11 is 0. The second-order valence-corrected chi connectivity index (χ2v) is 7.88. The minimum atomic E-state index is -0.394. The summed E-state index contributed by atoms with van der Waals surface area (Å²) in [6, 6.07) is 16.3. The third kappa shape index (κ3) is 6.68. The molecule has 154 valence electrons. The smallest absolute Gasteiger partial charge is 0.279 e. The zero-order chi connectivity index (χ0) is 20.6. The van der Waals surface area contributed by atoms with Crippen molar-refractivity contribution >= 4 is 17.5 Å². The van der Waals surface area contributed by atoms with Crippen LogP contribution >= 0.6 is 0 Å². The van der Waals surface area contributed by atoms with Gasteiger partial charge in [0.05, 0.1) is 7.05 Å². The van der Waals surface area contributed by atoms with Crippen molar-refractivity contribution in [3.63, 3.8) is 0 Å². The van der Waals surface area contributed by atoms with Crippen molar-refractivity contribution < 1.29 is 18.9 Å². The van der Waals surface area contributed by atoms with Gasteiger partial charge in [0.1, 0.15) is 5.82 Å². The maximum atomic E-state index is 13.2. The van der Waals surface area contributed by atoms with Gasteiger partial charge in [-0.25, -0.2) is 4.39 Å². The van der Waals surface area contributed by atoms with Gasteiger partial charge in [-0.3, -0.25) is 9.59 Å². The number of anilines is 1. The lowest BCUT2D eigenvalue weighted by atomic mass is 9.90. The van der Waals surface area contributed by atoms with Crippen LogP contribution in [0.4, 0.5) is 10.1 Å². The molecule has 2 amide bonds. The van der Waals surface area contributed by atoms with Gasteiger partial charge in [0.25, 0.3) is 11.8 Å². The standard InChI is InChI=1S/C23H28FN3O2/c1-26(16-22(28)25-21-9-5-8-20(24)15-21)17-23(29)27-12-10-19(11-13-27)14-18-6-3-2-4-7-18/h2-9,15,19H,10-14,16-17H2,1H3,(H,25,28)/p+1. The number of halogens is 1. The second-order valence-electron chi connectivity index (χ2n) is 7.88. The number of likely N-dealkylation sites (N-methyl/N-ethyl adjacent to an activating group) is 1. The lowest BCUT2D eigenvalue weighted by Crippen LogP contribution is -3.11. The number of rotatable bonds is 7. The lowest BCUT2D eigenvalue weighted by molar-refractivity contribution is -0.862. The number of carbonyl (C=O) groups is 2. The van der Waals surface area contributed by atoms with Crippen LogP contribution in [0.15, 0.2) is 54.6 Å². The highest BCUT2D eigenvalue weighted by atomic mass is 19.1. The maximum absolute atomic E-state index is 13.2. The summed E-state index contributed by atoms with van der Waals surface area (Å²) in [4.78, 5) is 27.4. The van der Waals surface area contributed by atoms with E-state index >= 15 is 0 Å². The average Bonchev–Trinajstić information content (AvgIpc) is 2.69. The van der Waals surface area contributed by atoms with Crippen molar-refractivity contribution in [1.29, 1.82) is 0 Å². The number of nitrogens with one attached hydrogen (secondary N) is 2. The Morgan fingerprint density at radius 2 is 1.79 bits per heavy atom. The summed E-state index contributed by atoms with van der Waals surface area (Å²) in [5, 5.41) is 2.67. The molecule has 0 bridgehead atoms. The third-order valence-electron chi connectivity index (χ3n) is 5.36.